The minimum atomic E-state index is 0.961. The fourth-order valence-electron chi connectivity index (χ4n) is 1.85. The zero-order valence-electron chi connectivity index (χ0n) is 7.10. The lowest BCUT2D eigenvalue weighted by atomic mass is 9.83. The van der Waals surface area contributed by atoms with E-state index in [1.807, 2.05) is 0 Å². The second kappa shape index (κ2) is 3.40. The van der Waals surface area contributed by atoms with Gasteiger partial charge in [-0.1, -0.05) is 18.1 Å². The molecule has 1 saturated heterocycles. The summed E-state index contributed by atoms with van der Waals surface area (Å²) in [6, 6.07) is 0. The van der Waals surface area contributed by atoms with Crippen molar-refractivity contribution in [3.63, 3.8) is 0 Å². The number of nitrogens with one attached hydrogen (secondary N) is 1. The van der Waals surface area contributed by atoms with Gasteiger partial charge < -0.3 is 5.32 Å². The Kier molecular flexibility index (Phi) is 2.27. The van der Waals surface area contributed by atoms with Gasteiger partial charge in [0.25, 0.3) is 0 Å². The third kappa shape index (κ3) is 1.84. The molecule has 1 heteroatoms. The van der Waals surface area contributed by atoms with Gasteiger partial charge >= 0.3 is 0 Å². The van der Waals surface area contributed by atoms with E-state index in [0.29, 0.717) is 0 Å². The summed E-state index contributed by atoms with van der Waals surface area (Å²) in [5.74, 6) is 0.961. The fraction of sp³-hybridized carbons (Fsp3) is 0.800. The third-order valence-electron chi connectivity index (χ3n) is 2.87. The van der Waals surface area contributed by atoms with E-state index in [-0.39, 0.29) is 0 Å². The van der Waals surface area contributed by atoms with Gasteiger partial charge in [-0.15, -0.1) is 0 Å². The normalized spacial score (nSPS) is 26.4. The third-order valence-corrected chi connectivity index (χ3v) is 2.87. The van der Waals surface area contributed by atoms with Gasteiger partial charge in [0.15, 0.2) is 0 Å². The molecule has 2 rings (SSSR count). The van der Waals surface area contributed by atoms with E-state index < -0.39 is 0 Å². The van der Waals surface area contributed by atoms with Crippen LogP contribution in [-0.4, -0.2) is 13.1 Å². The standard InChI is InChI=1S/C10H17N/c1-2-9(3-1)8-10-4-6-11-7-5-10/h8-9,11H,1-7H2. The van der Waals surface area contributed by atoms with E-state index in [9.17, 15) is 0 Å². The summed E-state index contributed by atoms with van der Waals surface area (Å²) in [5.41, 5.74) is 1.72. The first-order chi connectivity index (χ1) is 5.45. The van der Waals surface area contributed by atoms with Crippen LogP contribution in [-0.2, 0) is 0 Å². The van der Waals surface area contributed by atoms with Gasteiger partial charge in [-0.05, 0) is 44.7 Å². The molecule has 1 aliphatic heterocycles. The molecule has 62 valence electrons. The summed E-state index contributed by atoms with van der Waals surface area (Å²) in [7, 11) is 0. The van der Waals surface area contributed by atoms with Gasteiger partial charge in [0.05, 0.1) is 0 Å². The number of piperidine rings is 1. The summed E-state index contributed by atoms with van der Waals surface area (Å²) in [4.78, 5) is 0. The Morgan fingerprint density at radius 2 is 1.91 bits per heavy atom. The molecule has 2 fully saturated rings. The van der Waals surface area contributed by atoms with Crippen LogP contribution in [0.5, 0.6) is 0 Å². The Morgan fingerprint density at radius 3 is 2.45 bits per heavy atom. The molecule has 0 radical (unpaired) electrons. The molecule has 1 nitrogen and oxygen atoms in total. The first-order valence-corrected chi connectivity index (χ1v) is 4.85. The summed E-state index contributed by atoms with van der Waals surface area (Å²) in [5, 5.41) is 3.38. The van der Waals surface area contributed by atoms with Crippen molar-refractivity contribution < 1.29 is 0 Å². The molecular weight excluding hydrogens is 134 g/mol. The smallest absolute Gasteiger partial charge is 0.00115 e. The average Bonchev–Trinajstić information content (AvgIpc) is 1.99. The molecule has 0 atom stereocenters. The molecule has 1 N–H and O–H groups in total. The van der Waals surface area contributed by atoms with Crippen LogP contribution in [0.15, 0.2) is 11.6 Å². The molecule has 0 spiro atoms. The Balaban J connectivity index is 1.85. The van der Waals surface area contributed by atoms with Gasteiger partial charge in [-0.2, -0.15) is 0 Å². The molecule has 1 aliphatic carbocycles. The molecule has 0 aromatic rings. The molecule has 0 aromatic heterocycles. The highest BCUT2D eigenvalue weighted by Gasteiger charge is 2.16. The molecule has 0 amide bonds. The molecule has 0 bridgehead atoms. The Hall–Kier alpha value is -0.300. The van der Waals surface area contributed by atoms with E-state index in [2.05, 4.69) is 11.4 Å². The second-order valence-corrected chi connectivity index (χ2v) is 3.77. The first kappa shape index (κ1) is 7.35. The van der Waals surface area contributed by atoms with Crippen LogP contribution in [0.25, 0.3) is 0 Å². The summed E-state index contributed by atoms with van der Waals surface area (Å²) in [6.45, 7) is 2.41. The van der Waals surface area contributed by atoms with Crippen LogP contribution in [0.4, 0.5) is 0 Å². The molecule has 1 saturated carbocycles. The highest BCUT2D eigenvalue weighted by atomic mass is 14.9. The van der Waals surface area contributed by atoms with Gasteiger partial charge in [0.1, 0.15) is 0 Å². The summed E-state index contributed by atoms with van der Waals surface area (Å²) < 4.78 is 0. The lowest BCUT2D eigenvalue weighted by Crippen LogP contribution is -2.23. The van der Waals surface area contributed by atoms with E-state index in [4.69, 9.17) is 0 Å². The SMILES string of the molecule is C(=C1CCNCC1)C1CCC1. The van der Waals surface area contributed by atoms with Crippen LogP contribution in [0.1, 0.15) is 32.1 Å². The zero-order valence-corrected chi connectivity index (χ0v) is 7.10. The molecule has 1 heterocycles. The van der Waals surface area contributed by atoms with Crippen molar-refractivity contribution in [3.8, 4) is 0 Å². The number of hydrogen-bond acceptors (Lipinski definition) is 1. The Bertz CT molecular complexity index is 148. The van der Waals surface area contributed by atoms with Gasteiger partial charge in [0, 0.05) is 0 Å². The van der Waals surface area contributed by atoms with E-state index >= 15 is 0 Å². The zero-order chi connectivity index (χ0) is 7.52. The molecular formula is C10H17N. The number of hydrogen-bond donors (Lipinski definition) is 1. The second-order valence-electron chi connectivity index (χ2n) is 3.77. The van der Waals surface area contributed by atoms with Crippen molar-refractivity contribution in [3.05, 3.63) is 11.6 Å². The predicted molar refractivity (Wildman–Crippen MR) is 47.5 cm³/mol. The van der Waals surface area contributed by atoms with Crippen molar-refractivity contribution >= 4 is 0 Å². The minimum absolute atomic E-state index is 0.961. The maximum Gasteiger partial charge on any atom is -0.00115 e. The van der Waals surface area contributed by atoms with Crippen LogP contribution in [0.2, 0.25) is 0 Å². The highest BCUT2D eigenvalue weighted by molar-refractivity contribution is 5.08. The van der Waals surface area contributed by atoms with E-state index in [0.717, 1.165) is 5.92 Å². The number of rotatable bonds is 1. The van der Waals surface area contributed by atoms with Crippen molar-refractivity contribution in [2.24, 2.45) is 5.92 Å². The van der Waals surface area contributed by atoms with Crippen LogP contribution >= 0.6 is 0 Å². The summed E-state index contributed by atoms with van der Waals surface area (Å²) >= 11 is 0. The topological polar surface area (TPSA) is 12.0 Å². The quantitative estimate of drug-likeness (QED) is 0.566. The van der Waals surface area contributed by atoms with Crippen LogP contribution < -0.4 is 5.32 Å². The van der Waals surface area contributed by atoms with Crippen LogP contribution in [0.3, 0.4) is 0 Å². The van der Waals surface area contributed by atoms with E-state index in [1.165, 1.54) is 45.2 Å². The van der Waals surface area contributed by atoms with Crippen molar-refractivity contribution in [1.82, 2.24) is 5.32 Å². The average molecular weight is 151 g/mol. The highest BCUT2D eigenvalue weighted by Crippen LogP contribution is 2.29. The van der Waals surface area contributed by atoms with Crippen molar-refractivity contribution in [2.75, 3.05) is 13.1 Å². The maximum absolute atomic E-state index is 3.38. The molecule has 11 heavy (non-hydrogen) atoms. The van der Waals surface area contributed by atoms with Crippen molar-refractivity contribution in [1.29, 1.82) is 0 Å². The van der Waals surface area contributed by atoms with Gasteiger partial charge in [-0.3, -0.25) is 0 Å². The van der Waals surface area contributed by atoms with Gasteiger partial charge in [-0.25, -0.2) is 0 Å². The molecule has 0 unspecified atom stereocenters. The minimum Gasteiger partial charge on any atom is -0.316 e. The predicted octanol–water partition coefficient (Wildman–Crippen LogP) is 2.10. The molecule has 2 aliphatic rings. The Labute approximate surface area is 68.9 Å². The van der Waals surface area contributed by atoms with E-state index in [1.54, 1.807) is 5.57 Å². The fourth-order valence-corrected chi connectivity index (χ4v) is 1.85. The monoisotopic (exact) mass is 151 g/mol. The lowest BCUT2D eigenvalue weighted by molar-refractivity contribution is 0.383. The number of allylic oxidation sites excluding steroid dienone is 1. The van der Waals surface area contributed by atoms with Gasteiger partial charge in [0.2, 0.25) is 0 Å². The maximum atomic E-state index is 3.38. The molecule has 0 aromatic carbocycles. The summed E-state index contributed by atoms with van der Waals surface area (Å²) in [6.07, 6.45) is 9.53. The lowest BCUT2D eigenvalue weighted by Gasteiger charge is -2.24. The Morgan fingerprint density at radius 1 is 1.18 bits per heavy atom. The first-order valence-electron chi connectivity index (χ1n) is 4.85. The van der Waals surface area contributed by atoms with Crippen LogP contribution in [0, 0.1) is 5.92 Å². The largest absolute Gasteiger partial charge is 0.316 e. The van der Waals surface area contributed by atoms with Crippen molar-refractivity contribution in [2.45, 2.75) is 32.1 Å².